The molecule has 0 saturated carbocycles. The first kappa shape index (κ1) is 29.1. The fourth-order valence-electron chi connectivity index (χ4n) is 5.08. The summed E-state index contributed by atoms with van der Waals surface area (Å²) >= 11 is 1.51. The molecule has 7 nitrogen and oxygen atoms in total. The largest absolute Gasteiger partial charge is 0.554 e. The third-order valence-corrected chi connectivity index (χ3v) is 7.94. The molecule has 0 amide bonds. The summed E-state index contributed by atoms with van der Waals surface area (Å²) in [6.07, 6.45) is 2.14. The number of para-hydroxylation sites is 1. The summed E-state index contributed by atoms with van der Waals surface area (Å²) in [5.41, 5.74) is 3.78. The van der Waals surface area contributed by atoms with Gasteiger partial charge in [0.15, 0.2) is 6.10 Å². The zero-order chi connectivity index (χ0) is 27.4. The van der Waals surface area contributed by atoms with Crippen molar-refractivity contribution in [2.45, 2.75) is 39.3 Å². The minimum absolute atomic E-state index is 0.00568. The number of carboxylic acid groups (broad SMARTS) is 1. The van der Waals surface area contributed by atoms with Crippen molar-refractivity contribution in [3.05, 3.63) is 88.1 Å². The molecule has 8 heteroatoms. The van der Waals surface area contributed by atoms with Gasteiger partial charge in [-0.25, -0.2) is 0 Å². The Morgan fingerprint density at radius 3 is 2.29 bits per heavy atom. The third-order valence-electron chi connectivity index (χ3n) is 7.02. The van der Waals surface area contributed by atoms with E-state index in [1.807, 2.05) is 35.7 Å². The monoisotopic (exact) mass is 536 g/mol. The van der Waals surface area contributed by atoms with Crippen molar-refractivity contribution in [2.75, 3.05) is 31.5 Å². The van der Waals surface area contributed by atoms with Crippen LogP contribution in [0.15, 0.2) is 72.1 Å². The van der Waals surface area contributed by atoms with Crippen LogP contribution in [0.25, 0.3) is 0 Å². The molecule has 3 aliphatic rings. The second-order valence-corrected chi connectivity index (χ2v) is 10.8. The Labute approximate surface area is 228 Å². The number of carbonyl (C=O) groups excluding carboxylic acids is 3. The first-order valence-corrected chi connectivity index (χ1v) is 13.7. The van der Waals surface area contributed by atoms with E-state index in [0.717, 1.165) is 54.1 Å². The molecule has 1 N–H and O–H groups in total. The summed E-state index contributed by atoms with van der Waals surface area (Å²) in [7, 11) is 0. The van der Waals surface area contributed by atoms with Crippen molar-refractivity contribution in [1.29, 1.82) is 0 Å². The van der Waals surface area contributed by atoms with Crippen LogP contribution in [0.1, 0.15) is 40.6 Å². The van der Waals surface area contributed by atoms with Gasteiger partial charge in [0.2, 0.25) is 5.78 Å². The summed E-state index contributed by atoms with van der Waals surface area (Å²) in [6.45, 7) is 7.39. The van der Waals surface area contributed by atoms with E-state index in [2.05, 4.69) is 48.6 Å². The highest BCUT2D eigenvalue weighted by Gasteiger charge is 2.48. The smallest absolute Gasteiger partial charge is 0.303 e. The van der Waals surface area contributed by atoms with Crippen molar-refractivity contribution >= 4 is 35.2 Å². The Bertz CT molecular complexity index is 1140. The van der Waals surface area contributed by atoms with Gasteiger partial charge in [0, 0.05) is 44.4 Å². The molecule has 6 rings (SSSR count). The molecular formula is C30H36N2O5S. The molecule has 1 atom stereocenters. The number of aryl methyl sites for hydroxylation is 1. The number of esters is 1. The quantitative estimate of drug-likeness (QED) is 0.212. The third kappa shape index (κ3) is 8.82. The fourth-order valence-corrected chi connectivity index (χ4v) is 5.73. The summed E-state index contributed by atoms with van der Waals surface area (Å²) in [5.74, 6) is 0.518. The lowest BCUT2D eigenvalue weighted by atomic mass is 9.83. The van der Waals surface area contributed by atoms with Gasteiger partial charge in [-0.3, -0.25) is 9.59 Å². The van der Waals surface area contributed by atoms with Gasteiger partial charge < -0.3 is 24.4 Å². The molecule has 1 unspecified atom stereocenters. The van der Waals surface area contributed by atoms with Crippen LogP contribution in [0.2, 0.25) is 0 Å². The van der Waals surface area contributed by atoms with Crippen LogP contribution < -0.4 is 10.4 Å². The zero-order valence-corrected chi connectivity index (χ0v) is 22.8. The number of piperidine rings is 3. The summed E-state index contributed by atoms with van der Waals surface area (Å²) in [6, 6.07) is 22.7. The van der Waals surface area contributed by atoms with E-state index in [0.29, 0.717) is 12.5 Å². The molecule has 0 spiro atoms. The van der Waals surface area contributed by atoms with E-state index >= 15 is 0 Å². The second-order valence-electron chi connectivity index (χ2n) is 9.82. The highest BCUT2D eigenvalue weighted by atomic mass is 32.1. The van der Waals surface area contributed by atoms with Gasteiger partial charge in [-0.15, -0.1) is 11.3 Å². The number of Topliss-reactive ketones (excluding diaryl/α,β-unsaturated/α-hetero) is 1. The van der Waals surface area contributed by atoms with Crippen LogP contribution in [0.3, 0.4) is 0 Å². The Morgan fingerprint density at radius 2 is 1.71 bits per heavy atom. The first-order chi connectivity index (χ1) is 18.3. The topological polar surface area (TPSA) is 95.5 Å². The van der Waals surface area contributed by atoms with Crippen molar-refractivity contribution in [1.82, 2.24) is 0 Å². The molecule has 0 aliphatic carbocycles. The minimum atomic E-state index is -0.500. The van der Waals surface area contributed by atoms with Gasteiger partial charge >= 0.3 is 5.97 Å². The Kier molecular flexibility index (Phi) is 11.1. The van der Waals surface area contributed by atoms with E-state index in [1.54, 1.807) is 0 Å². The number of ketones is 1. The number of anilines is 1. The minimum Gasteiger partial charge on any atom is -0.554 e. The molecule has 0 radical (unpaired) electrons. The number of thiophene rings is 1. The molecule has 3 aliphatic heterocycles. The lowest BCUT2D eigenvalue weighted by Crippen LogP contribution is -2.65. The maximum atomic E-state index is 12.4. The van der Waals surface area contributed by atoms with Crippen molar-refractivity contribution in [3.63, 3.8) is 0 Å². The average Bonchev–Trinajstić information content (AvgIpc) is 3.46. The molecule has 2 aromatic carbocycles. The molecular weight excluding hydrogens is 500 g/mol. The van der Waals surface area contributed by atoms with Crippen LogP contribution in [-0.2, 0) is 20.9 Å². The number of fused-ring (bicyclic) bond motifs is 3. The predicted molar refractivity (Wildman–Crippen MR) is 148 cm³/mol. The number of quaternary nitrogens is 1. The number of rotatable bonds is 7. The zero-order valence-electron chi connectivity index (χ0n) is 22.0. The van der Waals surface area contributed by atoms with Crippen LogP contribution >= 0.6 is 11.3 Å². The maximum absolute atomic E-state index is 12.4. The SMILES string of the molecule is CC(=O)OC1C[N+]2(CC(=O)c3cccs3)CCC1CC2.Cc1ccc(CNc2ccccc2)cc1.O=C[O-]. The van der Waals surface area contributed by atoms with Gasteiger partial charge in [-0.05, 0) is 36.1 Å². The summed E-state index contributed by atoms with van der Waals surface area (Å²) in [4.78, 5) is 32.7. The van der Waals surface area contributed by atoms with E-state index in [4.69, 9.17) is 14.6 Å². The second kappa shape index (κ2) is 14.4. The van der Waals surface area contributed by atoms with Gasteiger partial charge in [0.1, 0.15) is 13.1 Å². The Hall–Kier alpha value is -3.49. The maximum Gasteiger partial charge on any atom is 0.303 e. The van der Waals surface area contributed by atoms with Crippen LogP contribution in [-0.4, -0.2) is 55.0 Å². The van der Waals surface area contributed by atoms with Crippen LogP contribution in [0.4, 0.5) is 5.69 Å². The molecule has 4 heterocycles. The number of carbonyl (C=O) groups is 3. The molecule has 38 heavy (non-hydrogen) atoms. The lowest BCUT2D eigenvalue weighted by molar-refractivity contribution is -0.938. The summed E-state index contributed by atoms with van der Waals surface area (Å²) < 4.78 is 6.26. The van der Waals surface area contributed by atoms with E-state index < -0.39 is 6.47 Å². The average molecular weight is 537 g/mol. The Morgan fingerprint density at radius 1 is 1.05 bits per heavy atom. The van der Waals surface area contributed by atoms with Crippen LogP contribution in [0.5, 0.6) is 0 Å². The Balaban J connectivity index is 0.000000198. The lowest BCUT2D eigenvalue weighted by Gasteiger charge is -2.51. The predicted octanol–water partition coefficient (Wildman–Crippen LogP) is 4.08. The normalized spacial score (nSPS) is 21.1. The van der Waals surface area contributed by atoms with Gasteiger partial charge in [0.05, 0.1) is 18.0 Å². The fraction of sp³-hybridized carbons (Fsp3) is 0.367. The number of hydrogen-bond donors (Lipinski definition) is 1. The van der Waals surface area contributed by atoms with Gasteiger partial charge in [-0.1, -0.05) is 54.1 Å². The van der Waals surface area contributed by atoms with E-state index in [9.17, 15) is 9.59 Å². The first-order valence-electron chi connectivity index (χ1n) is 12.8. The standard InChI is InChI=1S/C15H20NO3S.C14H15N.CH2O2/c1-11(17)19-14-10-16(6-4-12(14)5-7-16)9-13(18)15-3-2-8-20-15;1-12-7-9-13(10-8-12)11-15-14-5-3-2-4-6-14;2-1-3/h2-3,8,12,14H,4-7,9-10H2,1H3;2-10,15H,11H2,1H3;1H,(H,2,3)/q+1;;/p-1. The molecule has 1 aromatic heterocycles. The number of benzene rings is 2. The molecule has 3 saturated heterocycles. The molecule has 2 bridgehead atoms. The van der Waals surface area contributed by atoms with Crippen LogP contribution in [0, 0.1) is 12.8 Å². The van der Waals surface area contributed by atoms with Crippen molar-refractivity contribution in [2.24, 2.45) is 5.92 Å². The van der Waals surface area contributed by atoms with Gasteiger partial charge in [0.25, 0.3) is 0 Å². The number of nitrogens with one attached hydrogen (secondary N) is 1. The molecule has 3 fully saturated rings. The van der Waals surface area contributed by atoms with E-state index in [-0.39, 0.29) is 17.9 Å². The highest BCUT2D eigenvalue weighted by molar-refractivity contribution is 7.12. The highest BCUT2D eigenvalue weighted by Crippen LogP contribution is 2.36. The summed E-state index contributed by atoms with van der Waals surface area (Å²) in [5, 5.41) is 13.6. The number of ether oxygens (including phenoxy) is 1. The number of hydrogen-bond acceptors (Lipinski definition) is 7. The van der Waals surface area contributed by atoms with Gasteiger partial charge in [-0.2, -0.15) is 0 Å². The van der Waals surface area contributed by atoms with E-state index in [1.165, 1.54) is 29.4 Å². The van der Waals surface area contributed by atoms with Crippen molar-refractivity contribution < 1.29 is 28.7 Å². The number of nitrogens with zero attached hydrogens (tertiary/aromatic N) is 1. The molecule has 202 valence electrons. The molecule has 3 aromatic rings. The van der Waals surface area contributed by atoms with Crippen molar-refractivity contribution in [3.8, 4) is 0 Å².